The molecule has 12 nitrogen and oxygen atoms in total. The molecule has 0 spiro atoms. The molecule has 13 heteroatoms. The first-order valence-electron chi connectivity index (χ1n) is 16.4. The van der Waals surface area contributed by atoms with Crippen LogP contribution in [0.1, 0.15) is 84.3 Å². The molecule has 1 saturated carbocycles. The van der Waals surface area contributed by atoms with Crippen LogP contribution in [0, 0.1) is 11.3 Å². The summed E-state index contributed by atoms with van der Waals surface area (Å²) < 4.78 is 11.9. The molecule has 1 aromatic carbocycles. The fraction of sp³-hybridized carbons (Fsp3) is 0.543. The minimum atomic E-state index is -0.993. The number of nitrogens with zero attached hydrogens (tertiary/aromatic N) is 3. The highest BCUT2D eigenvalue weighted by Crippen LogP contribution is 2.32. The maximum Gasteiger partial charge on any atom is 0.315 e. The molecule has 4 amide bonds. The van der Waals surface area contributed by atoms with E-state index in [0.29, 0.717) is 28.4 Å². The monoisotopic (exact) mass is 680 g/mol. The van der Waals surface area contributed by atoms with E-state index in [-0.39, 0.29) is 24.8 Å². The first kappa shape index (κ1) is 35.1. The maximum atomic E-state index is 14.3. The average molecular weight is 681 g/mol. The van der Waals surface area contributed by atoms with Crippen molar-refractivity contribution in [1.82, 2.24) is 30.8 Å². The van der Waals surface area contributed by atoms with Gasteiger partial charge in [-0.05, 0) is 56.7 Å². The van der Waals surface area contributed by atoms with E-state index in [2.05, 4.69) is 25.9 Å². The Labute approximate surface area is 285 Å². The molecule has 258 valence electrons. The molecule has 3 N–H and O–H groups in total. The van der Waals surface area contributed by atoms with Gasteiger partial charge in [-0.25, -0.2) is 14.8 Å². The zero-order valence-electron chi connectivity index (χ0n) is 28.3. The van der Waals surface area contributed by atoms with Crippen molar-refractivity contribution in [3.05, 3.63) is 53.5 Å². The molecule has 3 heterocycles. The summed E-state index contributed by atoms with van der Waals surface area (Å²) in [5.41, 5.74) is -0.213. The van der Waals surface area contributed by atoms with Crippen molar-refractivity contribution >= 4 is 46.3 Å². The summed E-state index contributed by atoms with van der Waals surface area (Å²) in [5, 5.41) is 9.08. The van der Waals surface area contributed by atoms with Crippen molar-refractivity contribution in [3.63, 3.8) is 0 Å². The van der Waals surface area contributed by atoms with E-state index in [1.807, 2.05) is 47.6 Å². The van der Waals surface area contributed by atoms with Gasteiger partial charge in [0, 0.05) is 24.2 Å². The van der Waals surface area contributed by atoms with Gasteiger partial charge in [-0.1, -0.05) is 63.8 Å². The minimum absolute atomic E-state index is 0.0583. The summed E-state index contributed by atoms with van der Waals surface area (Å²) in [6, 6.07) is 6.98. The Morgan fingerprint density at radius 3 is 2.38 bits per heavy atom. The van der Waals surface area contributed by atoms with Crippen LogP contribution in [0.25, 0.3) is 11.1 Å². The first-order valence-corrected chi connectivity index (χ1v) is 16.8. The lowest BCUT2D eigenvalue weighted by Gasteiger charge is -2.36. The van der Waals surface area contributed by atoms with Gasteiger partial charge < -0.3 is 30.0 Å². The molecule has 3 aromatic rings. The fourth-order valence-corrected chi connectivity index (χ4v) is 6.10. The number of rotatable bonds is 10. The number of hydrogen-bond acceptors (Lipinski definition) is 8. The summed E-state index contributed by atoms with van der Waals surface area (Å²) in [6.07, 6.45) is 4.41. The van der Waals surface area contributed by atoms with Gasteiger partial charge in [-0.15, -0.1) is 0 Å². The molecular formula is C35H45ClN6O6. The standard InChI is InChI=1S/C35H45ClN6O6/c1-34(2,3)29(40-33(46)41-35(4,5)6)32(45)42-19-22(47-27-15-14-21(36)18-37-27)17-25(42)30(44)38-24(16-20-10-9-11-20)28(43)31-39-23-12-7-8-13-26(23)48-31/h7-8,12-15,18,20,22,24-25,29H,9-11,16-17,19H2,1-6H3,(H,38,44)(H2,40,41,46)/t22?,24?,25?,29-/m0/s1. The Morgan fingerprint density at radius 2 is 1.77 bits per heavy atom. The second-order valence-electron chi connectivity index (χ2n) is 14.9. The number of likely N-dealkylation sites (tertiary alicyclic amines) is 1. The number of oxazole rings is 1. The van der Waals surface area contributed by atoms with Crippen molar-refractivity contribution in [2.45, 2.75) is 103 Å². The summed E-state index contributed by atoms with van der Waals surface area (Å²) in [6.45, 7) is 11.1. The smallest absolute Gasteiger partial charge is 0.315 e. The van der Waals surface area contributed by atoms with Crippen LogP contribution in [0.5, 0.6) is 5.88 Å². The highest BCUT2D eigenvalue weighted by atomic mass is 35.5. The number of halogens is 1. The van der Waals surface area contributed by atoms with Crippen molar-refractivity contribution in [2.24, 2.45) is 11.3 Å². The molecule has 4 atom stereocenters. The zero-order valence-corrected chi connectivity index (χ0v) is 29.1. The van der Waals surface area contributed by atoms with Crippen molar-refractivity contribution in [3.8, 4) is 5.88 Å². The van der Waals surface area contributed by atoms with Gasteiger partial charge in [0.25, 0.3) is 5.89 Å². The van der Waals surface area contributed by atoms with Gasteiger partial charge in [0.2, 0.25) is 23.5 Å². The van der Waals surface area contributed by atoms with Gasteiger partial charge in [-0.3, -0.25) is 14.4 Å². The quantitative estimate of drug-likeness (QED) is 0.244. The van der Waals surface area contributed by atoms with Crippen LogP contribution in [0.15, 0.2) is 47.0 Å². The minimum Gasteiger partial charge on any atom is -0.472 e. The van der Waals surface area contributed by atoms with Crippen molar-refractivity contribution < 1.29 is 28.3 Å². The predicted octanol–water partition coefficient (Wildman–Crippen LogP) is 5.29. The number of Topliss-reactive ketones (excluding diaryl/α,β-unsaturated/α-hetero) is 1. The maximum absolute atomic E-state index is 14.3. The number of nitrogens with one attached hydrogen (secondary N) is 3. The third kappa shape index (κ3) is 8.63. The number of benzene rings is 1. The number of fused-ring (bicyclic) bond motifs is 1. The molecular weight excluding hydrogens is 636 g/mol. The Hall–Kier alpha value is -4.19. The Bertz CT molecular complexity index is 1610. The van der Waals surface area contributed by atoms with E-state index >= 15 is 0 Å². The van der Waals surface area contributed by atoms with E-state index in [0.717, 1.165) is 19.3 Å². The number of amides is 4. The number of carbonyl (C=O) groups is 4. The molecule has 1 aliphatic heterocycles. The van der Waals surface area contributed by atoms with Gasteiger partial charge in [0.15, 0.2) is 5.58 Å². The number of urea groups is 1. The van der Waals surface area contributed by atoms with E-state index in [1.54, 1.807) is 30.3 Å². The molecule has 2 aliphatic rings. The molecule has 5 rings (SSSR count). The topological polar surface area (TPSA) is 156 Å². The Balaban J connectivity index is 1.41. The van der Waals surface area contributed by atoms with Crippen LogP contribution in [0.2, 0.25) is 5.02 Å². The van der Waals surface area contributed by atoms with E-state index in [9.17, 15) is 19.2 Å². The Kier molecular flexibility index (Phi) is 10.3. The number of pyridine rings is 1. The summed E-state index contributed by atoms with van der Waals surface area (Å²) in [7, 11) is 0. The molecule has 0 radical (unpaired) electrons. The molecule has 48 heavy (non-hydrogen) atoms. The lowest BCUT2D eigenvalue weighted by molar-refractivity contribution is -0.142. The predicted molar refractivity (Wildman–Crippen MR) is 181 cm³/mol. The van der Waals surface area contributed by atoms with Crippen LogP contribution < -0.4 is 20.7 Å². The second kappa shape index (κ2) is 14.1. The normalized spacial score (nSPS) is 19.7. The zero-order chi connectivity index (χ0) is 34.8. The lowest BCUT2D eigenvalue weighted by atomic mass is 9.80. The van der Waals surface area contributed by atoms with Crippen molar-refractivity contribution in [2.75, 3.05) is 6.54 Å². The number of ether oxygens (including phenoxy) is 1. The van der Waals surface area contributed by atoms with Crippen LogP contribution in [-0.2, 0) is 9.59 Å². The average Bonchev–Trinajstić information content (AvgIpc) is 3.61. The molecule has 1 saturated heterocycles. The SMILES string of the molecule is CC(C)(C)NC(=O)N[C@@H](C(=O)N1CC(Oc2ccc(Cl)cn2)CC1C(=O)NC(CC1CCC1)C(=O)c1nc2ccccc2o1)C(C)(C)C. The van der Waals surface area contributed by atoms with E-state index < -0.39 is 58.8 Å². The molecule has 2 aromatic heterocycles. The fourth-order valence-electron chi connectivity index (χ4n) is 5.99. The van der Waals surface area contributed by atoms with Crippen LogP contribution >= 0.6 is 11.6 Å². The van der Waals surface area contributed by atoms with E-state index in [4.69, 9.17) is 20.8 Å². The third-order valence-corrected chi connectivity index (χ3v) is 8.87. The number of ketones is 1. The van der Waals surface area contributed by atoms with Crippen molar-refractivity contribution in [1.29, 1.82) is 0 Å². The summed E-state index contributed by atoms with van der Waals surface area (Å²) in [5.74, 6) is -0.873. The second-order valence-corrected chi connectivity index (χ2v) is 15.3. The number of hydrogen-bond donors (Lipinski definition) is 3. The van der Waals surface area contributed by atoms with Crippen LogP contribution in [0.4, 0.5) is 4.79 Å². The highest BCUT2D eigenvalue weighted by molar-refractivity contribution is 6.30. The number of carbonyl (C=O) groups excluding carboxylic acids is 4. The molecule has 0 bridgehead atoms. The Morgan fingerprint density at radius 1 is 1.04 bits per heavy atom. The first-order chi connectivity index (χ1) is 22.6. The van der Waals surface area contributed by atoms with Gasteiger partial charge in [-0.2, -0.15) is 0 Å². The van der Waals surface area contributed by atoms with Crippen LogP contribution in [-0.4, -0.2) is 74.8 Å². The van der Waals surface area contributed by atoms with Gasteiger partial charge in [0.1, 0.15) is 23.7 Å². The lowest BCUT2D eigenvalue weighted by Crippen LogP contribution is -2.61. The van der Waals surface area contributed by atoms with Gasteiger partial charge >= 0.3 is 6.03 Å². The largest absolute Gasteiger partial charge is 0.472 e. The van der Waals surface area contributed by atoms with Gasteiger partial charge in [0.05, 0.1) is 17.6 Å². The number of aromatic nitrogens is 2. The molecule has 2 fully saturated rings. The summed E-state index contributed by atoms with van der Waals surface area (Å²) >= 11 is 6.01. The number of para-hydroxylation sites is 2. The van der Waals surface area contributed by atoms with E-state index in [1.165, 1.54) is 11.1 Å². The molecule has 3 unspecified atom stereocenters. The summed E-state index contributed by atoms with van der Waals surface area (Å²) in [4.78, 5) is 65.4. The highest BCUT2D eigenvalue weighted by Gasteiger charge is 2.47. The van der Waals surface area contributed by atoms with Crippen LogP contribution in [0.3, 0.4) is 0 Å². The molecule has 1 aliphatic carbocycles. The third-order valence-electron chi connectivity index (χ3n) is 8.64.